The van der Waals surface area contributed by atoms with Gasteiger partial charge >= 0.3 is 5.97 Å². The van der Waals surface area contributed by atoms with E-state index in [9.17, 15) is 4.79 Å². The molecule has 0 aromatic carbocycles. The Bertz CT molecular complexity index is 542. The van der Waals surface area contributed by atoms with Crippen molar-refractivity contribution in [3.05, 3.63) is 17.6 Å². The molecule has 0 amide bonds. The molecule has 0 bridgehead atoms. The van der Waals surface area contributed by atoms with Gasteiger partial charge in [0.25, 0.3) is 0 Å². The van der Waals surface area contributed by atoms with Crippen molar-refractivity contribution in [2.75, 3.05) is 19.0 Å². The second-order valence-electron chi connectivity index (χ2n) is 6.10. The van der Waals surface area contributed by atoms with Crippen molar-refractivity contribution in [3.8, 4) is 0 Å². The van der Waals surface area contributed by atoms with Crippen LogP contribution in [0.1, 0.15) is 48.4 Å². The number of aromatic nitrogens is 2. The van der Waals surface area contributed by atoms with Crippen LogP contribution < -0.4 is 10.6 Å². The maximum Gasteiger partial charge on any atom is 0.376 e. The Morgan fingerprint density at radius 1 is 1.48 bits per heavy atom. The summed E-state index contributed by atoms with van der Waals surface area (Å²) in [6.07, 6.45) is 6.03. The van der Waals surface area contributed by atoms with E-state index >= 15 is 0 Å². The predicted molar refractivity (Wildman–Crippen MR) is 79.3 cm³/mol. The van der Waals surface area contributed by atoms with Crippen molar-refractivity contribution >= 4 is 11.8 Å². The SMILES string of the molecule is COC(=O)c1nc(C)cc(NC2CCNC3(CCC3)C2)n1. The van der Waals surface area contributed by atoms with E-state index in [4.69, 9.17) is 4.74 Å². The fraction of sp³-hybridized carbons (Fsp3) is 0.667. The van der Waals surface area contributed by atoms with Crippen molar-refractivity contribution < 1.29 is 9.53 Å². The third kappa shape index (κ3) is 3.00. The van der Waals surface area contributed by atoms with Crippen molar-refractivity contribution in [1.29, 1.82) is 0 Å². The standard InChI is InChI=1S/C15H22N4O2/c1-10-8-12(19-13(17-10)14(20)21-2)18-11-4-7-16-15(9-11)5-3-6-15/h8,11,16H,3-7,9H2,1-2H3,(H,17,18,19). The first-order chi connectivity index (χ1) is 10.1. The molecule has 1 aromatic heterocycles. The quantitative estimate of drug-likeness (QED) is 0.825. The molecular formula is C15H22N4O2. The number of aryl methyl sites for hydroxylation is 1. The molecular weight excluding hydrogens is 268 g/mol. The molecule has 21 heavy (non-hydrogen) atoms. The number of hydrogen-bond acceptors (Lipinski definition) is 6. The molecule has 1 spiro atoms. The zero-order valence-corrected chi connectivity index (χ0v) is 12.6. The fourth-order valence-electron chi connectivity index (χ4n) is 3.30. The number of methoxy groups -OCH3 is 1. The third-order valence-corrected chi connectivity index (χ3v) is 4.51. The molecule has 2 fully saturated rings. The van der Waals surface area contributed by atoms with Gasteiger partial charge in [0.15, 0.2) is 0 Å². The van der Waals surface area contributed by atoms with Crippen LogP contribution in [0.15, 0.2) is 6.07 Å². The average Bonchev–Trinajstić information content (AvgIpc) is 2.44. The molecule has 3 rings (SSSR count). The summed E-state index contributed by atoms with van der Waals surface area (Å²) in [6.45, 7) is 2.89. The average molecular weight is 290 g/mol. The van der Waals surface area contributed by atoms with Crippen molar-refractivity contribution in [2.24, 2.45) is 0 Å². The summed E-state index contributed by atoms with van der Waals surface area (Å²) in [4.78, 5) is 20.0. The van der Waals surface area contributed by atoms with E-state index in [-0.39, 0.29) is 5.82 Å². The van der Waals surface area contributed by atoms with Gasteiger partial charge < -0.3 is 15.4 Å². The van der Waals surface area contributed by atoms with Gasteiger partial charge in [0.2, 0.25) is 5.82 Å². The lowest BCUT2D eigenvalue weighted by molar-refractivity contribution is 0.0586. The van der Waals surface area contributed by atoms with Crippen LogP contribution in [0.5, 0.6) is 0 Å². The summed E-state index contributed by atoms with van der Waals surface area (Å²) < 4.78 is 4.69. The van der Waals surface area contributed by atoms with Gasteiger partial charge in [-0.3, -0.25) is 0 Å². The smallest absolute Gasteiger partial charge is 0.376 e. The molecule has 1 atom stereocenters. The van der Waals surface area contributed by atoms with Gasteiger partial charge in [0, 0.05) is 23.3 Å². The Kier molecular flexibility index (Phi) is 3.80. The number of esters is 1. The third-order valence-electron chi connectivity index (χ3n) is 4.51. The minimum absolute atomic E-state index is 0.118. The topological polar surface area (TPSA) is 76.1 Å². The molecule has 6 nitrogen and oxygen atoms in total. The van der Waals surface area contributed by atoms with Gasteiger partial charge in [-0.25, -0.2) is 14.8 Å². The molecule has 6 heteroatoms. The van der Waals surface area contributed by atoms with Gasteiger partial charge in [-0.15, -0.1) is 0 Å². The second-order valence-corrected chi connectivity index (χ2v) is 6.10. The molecule has 2 aliphatic rings. The fourth-order valence-corrected chi connectivity index (χ4v) is 3.30. The van der Waals surface area contributed by atoms with Crippen molar-refractivity contribution in [3.63, 3.8) is 0 Å². The number of rotatable bonds is 3. The number of nitrogens with one attached hydrogen (secondary N) is 2. The molecule has 1 saturated heterocycles. The highest BCUT2D eigenvalue weighted by Gasteiger charge is 2.40. The Hall–Kier alpha value is -1.69. The van der Waals surface area contributed by atoms with Crippen LogP contribution in [0.25, 0.3) is 0 Å². The van der Waals surface area contributed by atoms with E-state index < -0.39 is 5.97 Å². The lowest BCUT2D eigenvalue weighted by Gasteiger charge is -2.48. The first-order valence-electron chi connectivity index (χ1n) is 7.56. The van der Waals surface area contributed by atoms with E-state index in [1.54, 1.807) is 0 Å². The van der Waals surface area contributed by atoms with Crippen LogP contribution in [0.2, 0.25) is 0 Å². The van der Waals surface area contributed by atoms with Crippen LogP contribution in [-0.4, -0.2) is 41.2 Å². The minimum atomic E-state index is -0.498. The Balaban J connectivity index is 1.72. The molecule has 114 valence electrons. The van der Waals surface area contributed by atoms with Crippen LogP contribution >= 0.6 is 0 Å². The van der Waals surface area contributed by atoms with E-state index in [0.29, 0.717) is 17.4 Å². The highest BCUT2D eigenvalue weighted by atomic mass is 16.5. The summed E-state index contributed by atoms with van der Waals surface area (Å²) in [7, 11) is 1.34. The lowest BCUT2D eigenvalue weighted by atomic mass is 9.70. The van der Waals surface area contributed by atoms with Crippen LogP contribution in [0, 0.1) is 6.92 Å². The van der Waals surface area contributed by atoms with Gasteiger partial charge in [-0.05, 0) is 45.6 Å². The zero-order chi connectivity index (χ0) is 14.9. The van der Waals surface area contributed by atoms with E-state index in [2.05, 4.69) is 20.6 Å². The summed E-state index contributed by atoms with van der Waals surface area (Å²) in [5.74, 6) is 0.332. The van der Waals surface area contributed by atoms with Gasteiger partial charge in [0.1, 0.15) is 5.82 Å². The van der Waals surface area contributed by atoms with Gasteiger partial charge in [0.05, 0.1) is 7.11 Å². The number of hydrogen-bond donors (Lipinski definition) is 2. The molecule has 1 aliphatic heterocycles. The maximum absolute atomic E-state index is 11.6. The highest BCUT2D eigenvalue weighted by molar-refractivity contribution is 5.85. The van der Waals surface area contributed by atoms with E-state index in [1.165, 1.54) is 26.4 Å². The number of carbonyl (C=O) groups excluding carboxylic acids is 1. The Labute approximate surface area is 124 Å². The second kappa shape index (κ2) is 5.60. The number of ether oxygens (including phenoxy) is 1. The van der Waals surface area contributed by atoms with Gasteiger partial charge in [-0.2, -0.15) is 0 Å². The van der Waals surface area contributed by atoms with Crippen LogP contribution in [-0.2, 0) is 4.74 Å². The van der Waals surface area contributed by atoms with Crippen LogP contribution in [0.3, 0.4) is 0 Å². The molecule has 1 aliphatic carbocycles. The van der Waals surface area contributed by atoms with Crippen molar-refractivity contribution in [2.45, 2.75) is 50.6 Å². The molecule has 2 heterocycles. The normalized spacial score (nSPS) is 23.4. The minimum Gasteiger partial charge on any atom is -0.463 e. The monoisotopic (exact) mass is 290 g/mol. The van der Waals surface area contributed by atoms with Gasteiger partial charge in [-0.1, -0.05) is 0 Å². The lowest BCUT2D eigenvalue weighted by Crippen LogP contribution is -2.58. The van der Waals surface area contributed by atoms with E-state index in [1.807, 2.05) is 13.0 Å². The molecule has 1 aromatic rings. The number of nitrogens with zero attached hydrogens (tertiary/aromatic N) is 2. The summed E-state index contributed by atoms with van der Waals surface area (Å²) in [5, 5.41) is 7.12. The summed E-state index contributed by atoms with van der Waals surface area (Å²) in [6, 6.07) is 2.27. The summed E-state index contributed by atoms with van der Waals surface area (Å²) >= 11 is 0. The maximum atomic E-state index is 11.6. The molecule has 2 N–H and O–H groups in total. The highest BCUT2D eigenvalue weighted by Crippen LogP contribution is 2.38. The summed E-state index contributed by atoms with van der Waals surface area (Å²) in [5.41, 5.74) is 1.10. The number of carbonyl (C=O) groups is 1. The molecule has 1 unspecified atom stereocenters. The zero-order valence-electron chi connectivity index (χ0n) is 12.6. The number of anilines is 1. The first kappa shape index (κ1) is 14.3. The van der Waals surface area contributed by atoms with Crippen LogP contribution in [0.4, 0.5) is 5.82 Å². The largest absolute Gasteiger partial charge is 0.463 e. The number of piperidine rings is 1. The first-order valence-corrected chi connectivity index (χ1v) is 7.56. The predicted octanol–water partition coefficient (Wildman–Crippen LogP) is 1.66. The van der Waals surface area contributed by atoms with Crippen molar-refractivity contribution in [1.82, 2.24) is 15.3 Å². The Morgan fingerprint density at radius 3 is 2.95 bits per heavy atom. The molecule has 1 saturated carbocycles. The molecule has 0 radical (unpaired) electrons. The van der Waals surface area contributed by atoms with E-state index in [0.717, 1.165) is 25.1 Å². The Morgan fingerprint density at radius 2 is 2.29 bits per heavy atom.